The number of halogens is 2. The first-order chi connectivity index (χ1) is 14.5. The van der Waals surface area contributed by atoms with E-state index < -0.39 is 8.65 Å². The molecule has 2 aromatic carbocycles. The lowest BCUT2D eigenvalue weighted by atomic mass is 10.0. The van der Waals surface area contributed by atoms with Crippen LogP contribution in [0.4, 0.5) is 11.4 Å². The summed E-state index contributed by atoms with van der Waals surface area (Å²) in [7, 11) is 3.28. The summed E-state index contributed by atoms with van der Waals surface area (Å²) in [5, 5.41) is 5.87. The Balaban J connectivity index is 1.87. The molecular weight excluding hydrogens is 560 g/mol. The van der Waals surface area contributed by atoms with Gasteiger partial charge in [-0.1, -0.05) is 73.2 Å². The van der Waals surface area contributed by atoms with Crippen molar-refractivity contribution in [1.29, 1.82) is 0 Å². The van der Waals surface area contributed by atoms with Crippen LogP contribution in [0.3, 0.4) is 0 Å². The van der Waals surface area contributed by atoms with Crippen LogP contribution in [0, 0.1) is 0 Å². The zero-order chi connectivity index (χ0) is 23.1. The van der Waals surface area contributed by atoms with E-state index in [0.717, 1.165) is 40.4 Å². The van der Waals surface area contributed by atoms with Gasteiger partial charge in [0.2, 0.25) is 11.8 Å². The average molecular weight is 588 g/mol. The molecule has 0 saturated heterocycles. The molecule has 0 radical (unpaired) electrons. The number of rotatable bonds is 10. The van der Waals surface area contributed by atoms with Gasteiger partial charge in [-0.3, -0.25) is 9.59 Å². The maximum Gasteiger partial charge on any atom is 0.240 e. The van der Waals surface area contributed by atoms with Crippen molar-refractivity contribution in [3.63, 3.8) is 0 Å². The quantitative estimate of drug-likeness (QED) is 0.219. The largest absolute Gasteiger partial charge is 0.325 e. The molecule has 1 atom stereocenters. The monoisotopic (exact) mass is 586 g/mol. The lowest BCUT2D eigenvalue weighted by Gasteiger charge is -2.21. The summed E-state index contributed by atoms with van der Waals surface area (Å²) in [6.07, 6.45) is 2.87. The molecule has 0 saturated carbocycles. The Hall–Kier alpha value is -0.960. The first kappa shape index (κ1) is 26.3. The zero-order valence-corrected chi connectivity index (χ0v) is 22.9. The predicted molar refractivity (Wildman–Crippen MR) is 142 cm³/mol. The van der Waals surface area contributed by atoms with Gasteiger partial charge in [0.25, 0.3) is 0 Å². The first-order valence-corrected chi connectivity index (χ1v) is 13.8. The van der Waals surface area contributed by atoms with Crippen molar-refractivity contribution in [2.24, 2.45) is 0 Å². The molecule has 2 N–H and O–H groups in total. The fraction of sp³-hybridized carbons (Fsp3) is 0.391. The average Bonchev–Trinajstić information content (AvgIpc) is 2.72. The molecule has 4 nitrogen and oxygen atoms in total. The fourth-order valence-electron chi connectivity index (χ4n) is 2.45. The second kappa shape index (κ2) is 11.8. The molecular formula is C23H28Br2N2O2S2. The lowest BCUT2D eigenvalue weighted by molar-refractivity contribution is -0.118. The van der Waals surface area contributed by atoms with Crippen molar-refractivity contribution < 1.29 is 9.59 Å². The van der Waals surface area contributed by atoms with Gasteiger partial charge in [-0.2, -0.15) is 0 Å². The highest BCUT2D eigenvalue weighted by Gasteiger charge is 2.29. The van der Waals surface area contributed by atoms with Crippen LogP contribution < -0.4 is 10.6 Å². The highest BCUT2D eigenvalue weighted by atomic mass is 79.9. The number of carbonyl (C=O) groups excluding carboxylic acids is 2. The van der Waals surface area contributed by atoms with Crippen molar-refractivity contribution >= 4 is 76.6 Å². The molecule has 0 aliphatic rings. The Labute approximate surface area is 209 Å². The maximum atomic E-state index is 12.5. The summed E-state index contributed by atoms with van der Waals surface area (Å²) in [5.41, 5.74) is 1.56. The Bertz CT molecular complexity index is 880. The Morgan fingerprint density at radius 1 is 0.806 bits per heavy atom. The Morgan fingerprint density at radius 2 is 1.23 bits per heavy atom. The summed E-state index contributed by atoms with van der Waals surface area (Å²) < 4.78 is -1.16. The van der Waals surface area contributed by atoms with Crippen LogP contribution in [0.25, 0.3) is 0 Å². The molecule has 2 amide bonds. The van der Waals surface area contributed by atoms with Gasteiger partial charge in [-0.25, -0.2) is 0 Å². The van der Waals surface area contributed by atoms with Crippen molar-refractivity contribution in [2.45, 2.75) is 65.4 Å². The smallest absolute Gasteiger partial charge is 0.240 e. The van der Waals surface area contributed by atoms with Gasteiger partial charge >= 0.3 is 0 Å². The summed E-state index contributed by atoms with van der Waals surface area (Å²) in [4.78, 5) is 26.7. The van der Waals surface area contributed by atoms with Crippen LogP contribution in [0.1, 0.15) is 47.0 Å². The number of amides is 2. The SMILES string of the molecule is CCCCC(C)(Br)C(=O)Nc1ccc(SSc2ccc(NC(=O)C(C)(C)Br)cc2)cc1. The minimum atomic E-state index is -0.607. The van der Waals surface area contributed by atoms with Gasteiger partial charge < -0.3 is 10.6 Å². The molecule has 0 bridgehead atoms. The lowest BCUT2D eigenvalue weighted by Crippen LogP contribution is -2.34. The van der Waals surface area contributed by atoms with Gasteiger partial charge in [0.15, 0.2) is 0 Å². The number of alkyl halides is 2. The van der Waals surface area contributed by atoms with Gasteiger partial charge in [-0.15, -0.1) is 0 Å². The molecule has 2 rings (SSSR count). The van der Waals surface area contributed by atoms with Crippen LogP contribution in [-0.4, -0.2) is 20.5 Å². The molecule has 0 aromatic heterocycles. The molecule has 8 heteroatoms. The zero-order valence-electron chi connectivity index (χ0n) is 18.1. The number of hydrogen-bond acceptors (Lipinski definition) is 4. The maximum absolute atomic E-state index is 12.5. The Kier molecular flexibility index (Phi) is 9.98. The van der Waals surface area contributed by atoms with E-state index in [-0.39, 0.29) is 11.8 Å². The molecule has 1 unspecified atom stereocenters. The summed E-state index contributed by atoms with van der Waals surface area (Å²) in [6.45, 7) is 7.65. The van der Waals surface area contributed by atoms with Crippen molar-refractivity contribution in [3.05, 3.63) is 48.5 Å². The van der Waals surface area contributed by atoms with E-state index in [4.69, 9.17) is 0 Å². The molecule has 0 heterocycles. The standard InChI is InChI=1S/C23H28Br2N2O2S2/c1-5-6-15-23(4,25)21(29)27-17-9-13-19(14-10-17)31-30-18-11-7-16(8-12-18)26-20(28)22(2,3)24/h7-14H,5-6,15H2,1-4H3,(H,26,28)(H,27,29). The van der Waals surface area contributed by atoms with Gasteiger partial charge in [0.05, 0.1) is 4.32 Å². The third-order valence-electron chi connectivity index (χ3n) is 4.47. The molecule has 0 aliphatic carbocycles. The summed E-state index contributed by atoms with van der Waals surface area (Å²) in [6, 6.07) is 15.6. The van der Waals surface area contributed by atoms with E-state index in [2.05, 4.69) is 49.4 Å². The van der Waals surface area contributed by atoms with Gasteiger partial charge in [-0.05, 0) is 75.7 Å². The third kappa shape index (κ3) is 8.83. The van der Waals surface area contributed by atoms with Crippen LogP contribution in [0.15, 0.2) is 58.3 Å². The normalized spacial score (nSPS) is 13.4. The van der Waals surface area contributed by atoms with Crippen LogP contribution >= 0.6 is 53.4 Å². The molecule has 31 heavy (non-hydrogen) atoms. The first-order valence-electron chi connectivity index (χ1n) is 10.1. The van der Waals surface area contributed by atoms with Crippen molar-refractivity contribution in [1.82, 2.24) is 0 Å². The topological polar surface area (TPSA) is 58.2 Å². The minimum Gasteiger partial charge on any atom is -0.325 e. The number of nitrogens with one attached hydrogen (secondary N) is 2. The van der Waals surface area contributed by atoms with Crippen molar-refractivity contribution in [2.75, 3.05) is 10.6 Å². The summed E-state index contributed by atoms with van der Waals surface area (Å²) in [5.74, 6) is -0.105. The highest BCUT2D eigenvalue weighted by Crippen LogP contribution is 2.38. The van der Waals surface area contributed by atoms with E-state index in [1.165, 1.54) is 0 Å². The molecule has 168 valence electrons. The molecule has 0 fully saturated rings. The van der Waals surface area contributed by atoms with E-state index in [9.17, 15) is 9.59 Å². The number of benzene rings is 2. The number of unbranched alkanes of at least 4 members (excludes halogenated alkanes) is 1. The number of anilines is 2. The van der Waals surface area contributed by atoms with Crippen molar-refractivity contribution in [3.8, 4) is 0 Å². The van der Waals surface area contributed by atoms with Crippen LogP contribution in [0.5, 0.6) is 0 Å². The molecule has 2 aromatic rings. The minimum absolute atomic E-state index is 0.0220. The summed E-state index contributed by atoms with van der Waals surface area (Å²) >= 11 is 6.91. The predicted octanol–water partition coefficient (Wildman–Crippen LogP) is 7.88. The number of hydrogen-bond donors (Lipinski definition) is 2. The van der Waals surface area contributed by atoms with Crippen LogP contribution in [0.2, 0.25) is 0 Å². The Morgan fingerprint density at radius 3 is 1.61 bits per heavy atom. The third-order valence-corrected chi connectivity index (χ3v) is 8.01. The van der Waals surface area contributed by atoms with Gasteiger partial charge in [0.1, 0.15) is 4.32 Å². The van der Waals surface area contributed by atoms with Gasteiger partial charge in [0, 0.05) is 21.2 Å². The second-order valence-corrected chi connectivity index (χ2v) is 13.9. The fourth-order valence-corrected chi connectivity index (χ4v) is 4.86. The number of carbonyl (C=O) groups is 2. The van der Waals surface area contributed by atoms with E-state index in [1.54, 1.807) is 21.6 Å². The van der Waals surface area contributed by atoms with E-state index >= 15 is 0 Å². The highest BCUT2D eigenvalue weighted by molar-refractivity contribution is 9.10. The second-order valence-electron chi connectivity index (χ2n) is 7.90. The van der Waals surface area contributed by atoms with E-state index in [1.807, 2.05) is 69.3 Å². The van der Waals surface area contributed by atoms with E-state index in [0.29, 0.717) is 0 Å². The molecule has 0 spiro atoms. The van der Waals surface area contributed by atoms with Crippen LogP contribution in [-0.2, 0) is 9.59 Å². The molecule has 0 aliphatic heterocycles.